The van der Waals surface area contributed by atoms with E-state index in [0.717, 1.165) is 5.02 Å². The zero-order valence-electron chi connectivity index (χ0n) is 20.8. The van der Waals surface area contributed by atoms with Crippen molar-refractivity contribution in [2.24, 2.45) is 0 Å². The maximum atomic E-state index is 6.62. The van der Waals surface area contributed by atoms with Crippen LogP contribution in [0.5, 0.6) is 0 Å². The molecular formula is C37H25Cl. The first kappa shape index (κ1) is 22.8. The van der Waals surface area contributed by atoms with Crippen molar-refractivity contribution in [3.05, 3.63) is 179 Å². The van der Waals surface area contributed by atoms with Crippen molar-refractivity contribution in [1.82, 2.24) is 0 Å². The van der Waals surface area contributed by atoms with E-state index in [0.29, 0.717) is 0 Å². The molecule has 0 saturated carbocycles. The fraction of sp³-hybridized carbons (Fsp3) is 0.0270. The van der Waals surface area contributed by atoms with E-state index in [9.17, 15) is 0 Å². The summed E-state index contributed by atoms with van der Waals surface area (Å²) >= 11 is 6.62. The van der Waals surface area contributed by atoms with Gasteiger partial charge in [0.1, 0.15) is 0 Å². The summed E-state index contributed by atoms with van der Waals surface area (Å²) in [6.07, 6.45) is 0. The van der Waals surface area contributed by atoms with Crippen LogP contribution in [0, 0.1) is 0 Å². The van der Waals surface area contributed by atoms with Crippen LogP contribution in [0.2, 0.25) is 5.02 Å². The number of rotatable bonds is 4. The molecule has 38 heavy (non-hydrogen) atoms. The van der Waals surface area contributed by atoms with E-state index < -0.39 is 5.41 Å². The van der Waals surface area contributed by atoms with E-state index >= 15 is 0 Å². The van der Waals surface area contributed by atoms with Crippen molar-refractivity contribution in [2.45, 2.75) is 5.41 Å². The molecule has 0 fully saturated rings. The maximum absolute atomic E-state index is 6.62. The van der Waals surface area contributed by atoms with Gasteiger partial charge in [0, 0.05) is 5.02 Å². The summed E-state index contributed by atoms with van der Waals surface area (Å²) in [6.45, 7) is 0. The predicted molar refractivity (Wildman–Crippen MR) is 160 cm³/mol. The van der Waals surface area contributed by atoms with Gasteiger partial charge in [-0.25, -0.2) is 0 Å². The molecule has 180 valence electrons. The van der Waals surface area contributed by atoms with Gasteiger partial charge in [-0.2, -0.15) is 0 Å². The molecule has 0 N–H and O–H groups in total. The molecule has 0 bridgehead atoms. The predicted octanol–water partition coefficient (Wildman–Crippen LogP) is 10.0. The summed E-state index contributed by atoms with van der Waals surface area (Å²) in [7, 11) is 0. The van der Waals surface area contributed by atoms with Crippen LogP contribution in [0.15, 0.2) is 152 Å². The average Bonchev–Trinajstić information content (AvgIpc) is 3.30. The van der Waals surface area contributed by atoms with E-state index in [4.69, 9.17) is 11.6 Å². The highest BCUT2D eigenvalue weighted by Gasteiger charge is 2.46. The molecule has 1 atom stereocenters. The first-order valence-electron chi connectivity index (χ1n) is 13.0. The van der Waals surface area contributed by atoms with Gasteiger partial charge in [0.25, 0.3) is 0 Å². The Labute approximate surface area is 228 Å². The van der Waals surface area contributed by atoms with Gasteiger partial charge in [-0.15, -0.1) is 0 Å². The molecule has 6 aromatic carbocycles. The summed E-state index contributed by atoms with van der Waals surface area (Å²) in [5.41, 5.74) is 12.0. The zero-order valence-corrected chi connectivity index (χ0v) is 21.6. The molecule has 7 rings (SSSR count). The Morgan fingerprint density at radius 1 is 0.395 bits per heavy atom. The first-order chi connectivity index (χ1) is 18.8. The van der Waals surface area contributed by atoms with Gasteiger partial charge < -0.3 is 0 Å². The lowest BCUT2D eigenvalue weighted by atomic mass is 9.67. The normalized spacial score (nSPS) is 15.6. The zero-order chi connectivity index (χ0) is 25.5. The van der Waals surface area contributed by atoms with Crippen LogP contribution in [-0.2, 0) is 5.41 Å². The van der Waals surface area contributed by atoms with E-state index in [-0.39, 0.29) is 0 Å². The Kier molecular flexibility index (Phi) is 5.50. The molecule has 1 heteroatoms. The summed E-state index contributed by atoms with van der Waals surface area (Å²) in [6, 6.07) is 54.3. The van der Waals surface area contributed by atoms with Gasteiger partial charge in [0.05, 0.1) is 5.41 Å². The molecule has 0 radical (unpaired) electrons. The van der Waals surface area contributed by atoms with Crippen molar-refractivity contribution < 1.29 is 0 Å². The second-order valence-electron chi connectivity index (χ2n) is 9.84. The monoisotopic (exact) mass is 504 g/mol. The maximum Gasteiger partial charge on any atom is 0.0714 e. The topological polar surface area (TPSA) is 0 Å². The molecule has 0 saturated heterocycles. The molecule has 0 aliphatic heterocycles. The third-order valence-electron chi connectivity index (χ3n) is 7.84. The number of benzene rings is 6. The number of halogens is 1. The van der Waals surface area contributed by atoms with Crippen molar-refractivity contribution in [3.63, 3.8) is 0 Å². The molecule has 0 spiro atoms. The number of fused-ring (bicyclic) bond motifs is 3. The van der Waals surface area contributed by atoms with Gasteiger partial charge in [0.2, 0.25) is 0 Å². The van der Waals surface area contributed by atoms with Gasteiger partial charge >= 0.3 is 0 Å². The first-order valence-corrected chi connectivity index (χ1v) is 13.4. The van der Waals surface area contributed by atoms with Crippen LogP contribution in [0.3, 0.4) is 0 Å². The van der Waals surface area contributed by atoms with Gasteiger partial charge in [0.15, 0.2) is 0 Å². The van der Waals surface area contributed by atoms with Crippen molar-refractivity contribution in [2.75, 3.05) is 0 Å². The van der Waals surface area contributed by atoms with Crippen molar-refractivity contribution in [3.8, 4) is 33.4 Å². The summed E-state index contributed by atoms with van der Waals surface area (Å²) in [5, 5.41) is 0.747. The molecule has 0 nitrogen and oxygen atoms in total. The molecule has 1 aliphatic rings. The Morgan fingerprint density at radius 2 is 0.947 bits per heavy atom. The lowest BCUT2D eigenvalue weighted by Gasteiger charge is -2.34. The molecule has 0 aromatic heterocycles. The van der Waals surface area contributed by atoms with Crippen LogP contribution in [0.1, 0.15) is 22.3 Å². The van der Waals surface area contributed by atoms with Crippen LogP contribution in [0.25, 0.3) is 33.4 Å². The van der Waals surface area contributed by atoms with Crippen molar-refractivity contribution >= 4 is 11.6 Å². The van der Waals surface area contributed by atoms with Crippen LogP contribution < -0.4 is 0 Å². The fourth-order valence-electron chi connectivity index (χ4n) is 6.24. The second kappa shape index (κ2) is 9.17. The minimum absolute atomic E-state index is 0.460. The molecule has 1 unspecified atom stereocenters. The standard InChI is InChI=1S/C37H25Cl/c38-31-16-9-15-30(25-31)37(29-13-5-2-6-14-29)34-19-8-7-17-33(34)36-32(18-10-20-35(36)37)28-23-21-27(22-24-28)26-11-3-1-4-12-26/h1-25H. The SMILES string of the molecule is Clc1cccc(C2(c3ccccc3)c3ccccc3-c3c(-c4ccc(-c5ccccc5)cc4)cccc32)c1. The smallest absolute Gasteiger partial charge is 0.0714 e. The van der Waals surface area contributed by atoms with Crippen LogP contribution in [0.4, 0.5) is 0 Å². The minimum Gasteiger partial charge on any atom is -0.0843 e. The molecule has 0 amide bonds. The second-order valence-corrected chi connectivity index (χ2v) is 10.3. The Bertz CT molecular complexity index is 1750. The van der Waals surface area contributed by atoms with E-state index in [1.54, 1.807) is 0 Å². The molecule has 6 aromatic rings. The van der Waals surface area contributed by atoms with Crippen molar-refractivity contribution in [1.29, 1.82) is 0 Å². The van der Waals surface area contributed by atoms with Gasteiger partial charge in [-0.05, 0) is 67.8 Å². The summed E-state index contributed by atoms with van der Waals surface area (Å²) in [5.74, 6) is 0. The highest BCUT2D eigenvalue weighted by atomic mass is 35.5. The molecule has 0 heterocycles. The molecular weight excluding hydrogens is 480 g/mol. The van der Waals surface area contributed by atoms with E-state index in [2.05, 4.69) is 146 Å². The third kappa shape index (κ3) is 3.45. The lowest BCUT2D eigenvalue weighted by molar-refractivity contribution is 0.768. The number of hydrogen-bond acceptors (Lipinski definition) is 0. The lowest BCUT2D eigenvalue weighted by Crippen LogP contribution is -2.28. The quantitative estimate of drug-likeness (QED) is 0.223. The van der Waals surface area contributed by atoms with Gasteiger partial charge in [-0.1, -0.05) is 151 Å². The van der Waals surface area contributed by atoms with Gasteiger partial charge in [-0.3, -0.25) is 0 Å². The van der Waals surface area contributed by atoms with E-state index in [1.165, 1.54) is 55.6 Å². The van der Waals surface area contributed by atoms with Crippen LogP contribution in [-0.4, -0.2) is 0 Å². The summed E-state index contributed by atoms with van der Waals surface area (Å²) in [4.78, 5) is 0. The van der Waals surface area contributed by atoms with Crippen LogP contribution >= 0.6 is 11.6 Å². The highest BCUT2D eigenvalue weighted by molar-refractivity contribution is 6.30. The highest BCUT2D eigenvalue weighted by Crippen LogP contribution is 2.58. The molecule has 1 aliphatic carbocycles. The average molecular weight is 505 g/mol. The Balaban J connectivity index is 1.51. The largest absolute Gasteiger partial charge is 0.0843 e. The number of hydrogen-bond donors (Lipinski definition) is 0. The Morgan fingerprint density at radius 3 is 1.71 bits per heavy atom. The Hall–Kier alpha value is -4.39. The van der Waals surface area contributed by atoms with E-state index in [1.807, 2.05) is 6.07 Å². The summed E-state index contributed by atoms with van der Waals surface area (Å²) < 4.78 is 0. The third-order valence-corrected chi connectivity index (χ3v) is 8.07. The minimum atomic E-state index is -0.460. The fourth-order valence-corrected chi connectivity index (χ4v) is 6.43.